The first kappa shape index (κ1) is 16.8. The van der Waals surface area contributed by atoms with Crippen LogP contribution in [0, 0.1) is 0 Å². The number of carbonyl (C=O) groups excluding carboxylic acids is 1. The fourth-order valence-electron chi connectivity index (χ4n) is 2.08. The number of aryl methyl sites for hydroxylation is 1. The number of benzene rings is 1. The fraction of sp³-hybridized carbons (Fsp3) is 0.333. The summed E-state index contributed by atoms with van der Waals surface area (Å²) in [6.45, 7) is 5.44. The van der Waals surface area contributed by atoms with Crippen LogP contribution in [0.2, 0.25) is 0 Å². The maximum atomic E-state index is 11.4. The molecule has 2 aromatic rings. The molecular weight excluding hydrogens is 292 g/mol. The van der Waals surface area contributed by atoms with Gasteiger partial charge in [-0.3, -0.25) is 4.68 Å². The summed E-state index contributed by atoms with van der Waals surface area (Å²) in [5, 5.41) is 4.43. The van der Waals surface area contributed by atoms with Crippen LogP contribution in [0.1, 0.15) is 31.5 Å². The van der Waals surface area contributed by atoms with Crippen molar-refractivity contribution in [3.8, 4) is 5.88 Å². The lowest BCUT2D eigenvalue weighted by molar-refractivity contribution is -0.137. The Labute approximate surface area is 136 Å². The highest BCUT2D eigenvalue weighted by atomic mass is 16.5. The molecule has 0 bridgehead atoms. The van der Waals surface area contributed by atoms with Crippen molar-refractivity contribution >= 4 is 12.0 Å². The van der Waals surface area contributed by atoms with Gasteiger partial charge in [0.2, 0.25) is 5.88 Å². The summed E-state index contributed by atoms with van der Waals surface area (Å²) >= 11 is 0. The minimum Gasteiger partial charge on any atom is -0.472 e. The van der Waals surface area contributed by atoms with Crippen LogP contribution in [-0.2, 0) is 22.7 Å². The van der Waals surface area contributed by atoms with Gasteiger partial charge in [-0.15, -0.1) is 5.10 Å². The average Bonchev–Trinajstić information content (AvgIpc) is 2.95. The molecule has 0 aliphatic heterocycles. The van der Waals surface area contributed by atoms with Crippen LogP contribution < -0.4 is 4.74 Å². The number of hydrogen-bond donors (Lipinski definition) is 0. The van der Waals surface area contributed by atoms with Crippen LogP contribution in [0.3, 0.4) is 0 Å². The predicted octanol–water partition coefficient (Wildman–Crippen LogP) is 3.45. The van der Waals surface area contributed by atoms with Gasteiger partial charge in [-0.05, 0) is 25.0 Å². The quantitative estimate of drug-likeness (QED) is 0.553. The molecule has 0 saturated heterocycles. The average molecular weight is 314 g/mol. The van der Waals surface area contributed by atoms with Crippen molar-refractivity contribution in [1.29, 1.82) is 0 Å². The molecule has 1 aromatic carbocycles. The van der Waals surface area contributed by atoms with E-state index in [9.17, 15) is 4.79 Å². The van der Waals surface area contributed by atoms with E-state index in [2.05, 4.69) is 12.0 Å². The molecule has 23 heavy (non-hydrogen) atoms. The Balaban J connectivity index is 2.06. The Morgan fingerprint density at radius 2 is 2.04 bits per heavy atom. The lowest BCUT2D eigenvalue weighted by Crippen LogP contribution is -2.03. The van der Waals surface area contributed by atoms with Gasteiger partial charge in [-0.2, -0.15) is 0 Å². The van der Waals surface area contributed by atoms with E-state index in [0.717, 1.165) is 24.2 Å². The van der Waals surface area contributed by atoms with Crippen molar-refractivity contribution in [2.45, 2.75) is 33.4 Å². The molecule has 0 radical (unpaired) electrons. The van der Waals surface area contributed by atoms with Gasteiger partial charge in [0.05, 0.1) is 12.3 Å². The van der Waals surface area contributed by atoms with Gasteiger partial charge in [-0.1, -0.05) is 37.3 Å². The summed E-state index contributed by atoms with van der Waals surface area (Å²) in [5.41, 5.74) is 1.91. The number of esters is 1. The monoisotopic (exact) mass is 314 g/mol. The highest BCUT2D eigenvalue weighted by molar-refractivity contribution is 5.86. The number of hydrogen-bond acceptors (Lipinski definition) is 4. The molecule has 0 N–H and O–H groups in total. The van der Waals surface area contributed by atoms with Crippen LogP contribution >= 0.6 is 0 Å². The van der Waals surface area contributed by atoms with Gasteiger partial charge in [0, 0.05) is 18.7 Å². The third-order valence-corrected chi connectivity index (χ3v) is 3.13. The van der Waals surface area contributed by atoms with Gasteiger partial charge >= 0.3 is 5.97 Å². The molecule has 0 atom stereocenters. The number of nitrogens with zero attached hydrogens (tertiary/aromatic N) is 2. The van der Waals surface area contributed by atoms with Crippen LogP contribution in [0.15, 0.2) is 42.5 Å². The first-order valence-electron chi connectivity index (χ1n) is 7.82. The molecule has 1 aromatic heterocycles. The first-order chi connectivity index (χ1) is 11.2. The molecule has 2 rings (SSSR count). The molecule has 1 heterocycles. The summed E-state index contributed by atoms with van der Waals surface area (Å²) in [6.07, 6.45) is 4.06. The Morgan fingerprint density at radius 1 is 1.26 bits per heavy atom. The van der Waals surface area contributed by atoms with Crippen LogP contribution in [-0.4, -0.2) is 22.4 Å². The third kappa shape index (κ3) is 5.29. The van der Waals surface area contributed by atoms with Crippen LogP contribution in [0.4, 0.5) is 0 Å². The molecular formula is C18H22N2O3. The lowest BCUT2D eigenvalue weighted by atomic mass is 10.2. The van der Waals surface area contributed by atoms with Crippen LogP contribution in [0.5, 0.6) is 5.88 Å². The highest BCUT2D eigenvalue weighted by Crippen LogP contribution is 2.16. The second-order valence-corrected chi connectivity index (χ2v) is 4.99. The normalized spacial score (nSPS) is 10.9. The summed E-state index contributed by atoms with van der Waals surface area (Å²) < 4.78 is 12.5. The lowest BCUT2D eigenvalue weighted by Gasteiger charge is -2.02. The van der Waals surface area contributed by atoms with Gasteiger partial charge < -0.3 is 9.47 Å². The Kier molecular flexibility index (Phi) is 6.41. The first-order valence-corrected chi connectivity index (χ1v) is 7.82. The molecule has 0 aliphatic rings. The minimum atomic E-state index is -0.358. The second-order valence-electron chi connectivity index (χ2n) is 4.99. The largest absolute Gasteiger partial charge is 0.472 e. The standard InChI is InChI=1S/C18H22N2O3/c1-3-12-20-16(10-11-18(21)22-4-2)13-17(19-20)23-14-15-8-6-5-7-9-15/h5-11,13H,3-4,12,14H2,1-2H3/b11-10+. The molecule has 122 valence electrons. The van der Waals surface area contributed by atoms with E-state index in [1.54, 1.807) is 13.0 Å². The van der Waals surface area contributed by atoms with Crippen molar-refractivity contribution < 1.29 is 14.3 Å². The van der Waals surface area contributed by atoms with E-state index in [4.69, 9.17) is 9.47 Å². The third-order valence-electron chi connectivity index (χ3n) is 3.13. The predicted molar refractivity (Wildman–Crippen MR) is 89.0 cm³/mol. The van der Waals surface area contributed by atoms with Crippen molar-refractivity contribution in [1.82, 2.24) is 9.78 Å². The van der Waals surface area contributed by atoms with Crippen molar-refractivity contribution in [3.63, 3.8) is 0 Å². The van der Waals surface area contributed by atoms with E-state index in [1.807, 2.05) is 41.1 Å². The Bertz CT molecular complexity index is 648. The van der Waals surface area contributed by atoms with Gasteiger partial charge in [0.25, 0.3) is 0 Å². The van der Waals surface area contributed by atoms with Gasteiger partial charge in [0.15, 0.2) is 0 Å². The number of aromatic nitrogens is 2. The second kappa shape index (κ2) is 8.78. The van der Waals surface area contributed by atoms with E-state index >= 15 is 0 Å². The van der Waals surface area contributed by atoms with E-state index in [0.29, 0.717) is 19.1 Å². The molecule has 5 nitrogen and oxygen atoms in total. The smallest absolute Gasteiger partial charge is 0.330 e. The summed E-state index contributed by atoms with van der Waals surface area (Å²) in [5.74, 6) is 0.189. The fourth-order valence-corrected chi connectivity index (χ4v) is 2.08. The molecule has 0 saturated carbocycles. The molecule has 0 unspecified atom stereocenters. The maximum Gasteiger partial charge on any atom is 0.330 e. The molecule has 0 aliphatic carbocycles. The Morgan fingerprint density at radius 3 is 2.74 bits per heavy atom. The zero-order valence-electron chi connectivity index (χ0n) is 13.6. The zero-order valence-corrected chi connectivity index (χ0v) is 13.6. The number of ether oxygens (including phenoxy) is 2. The molecule has 0 amide bonds. The number of carbonyl (C=O) groups is 1. The Hall–Kier alpha value is -2.56. The highest BCUT2D eigenvalue weighted by Gasteiger charge is 2.07. The van der Waals surface area contributed by atoms with E-state index < -0.39 is 0 Å². The van der Waals surface area contributed by atoms with Crippen molar-refractivity contribution in [3.05, 3.63) is 53.7 Å². The van der Waals surface area contributed by atoms with Gasteiger partial charge in [-0.25, -0.2) is 4.79 Å². The summed E-state index contributed by atoms with van der Waals surface area (Å²) in [4.78, 5) is 11.4. The molecule has 5 heteroatoms. The topological polar surface area (TPSA) is 53.4 Å². The summed E-state index contributed by atoms with van der Waals surface area (Å²) in [6, 6.07) is 11.8. The zero-order chi connectivity index (χ0) is 16.5. The van der Waals surface area contributed by atoms with E-state index in [-0.39, 0.29) is 5.97 Å². The van der Waals surface area contributed by atoms with Crippen LogP contribution in [0.25, 0.3) is 6.08 Å². The SMILES string of the molecule is CCCn1nc(OCc2ccccc2)cc1/C=C/C(=O)OCC. The maximum absolute atomic E-state index is 11.4. The number of rotatable bonds is 8. The van der Waals surface area contributed by atoms with E-state index in [1.165, 1.54) is 6.08 Å². The van der Waals surface area contributed by atoms with Gasteiger partial charge in [0.1, 0.15) is 6.61 Å². The molecule has 0 fully saturated rings. The molecule has 0 spiro atoms. The van der Waals surface area contributed by atoms with Crippen molar-refractivity contribution in [2.24, 2.45) is 0 Å². The van der Waals surface area contributed by atoms with Crippen molar-refractivity contribution in [2.75, 3.05) is 6.61 Å². The summed E-state index contributed by atoms with van der Waals surface area (Å²) in [7, 11) is 0. The minimum absolute atomic E-state index is 0.358.